The van der Waals surface area contributed by atoms with Gasteiger partial charge >= 0.3 is 0 Å². The summed E-state index contributed by atoms with van der Waals surface area (Å²) < 4.78 is 53.8. The minimum Gasteiger partial charge on any atom is -0.496 e. The Bertz CT molecular complexity index is 1130. The second-order valence-electron chi connectivity index (χ2n) is 5.52. The number of methoxy groups -OCH3 is 1. The maximum atomic E-state index is 13.0. The van der Waals surface area contributed by atoms with Crippen molar-refractivity contribution in [3.05, 3.63) is 59.3 Å². The molecule has 0 aliphatic heterocycles. The van der Waals surface area contributed by atoms with Gasteiger partial charge in [0.15, 0.2) is 6.29 Å². The van der Waals surface area contributed by atoms with E-state index in [-0.39, 0.29) is 16.2 Å². The van der Waals surface area contributed by atoms with Gasteiger partial charge in [0.05, 0.1) is 27.1 Å². The zero-order valence-corrected chi connectivity index (χ0v) is 13.9. The number of hydrogen-bond donors (Lipinski definition) is 0. The van der Waals surface area contributed by atoms with E-state index in [0.29, 0.717) is 22.8 Å². The Kier molecular flexibility index (Phi) is 3.09. The van der Waals surface area contributed by atoms with Crippen molar-refractivity contribution in [1.82, 2.24) is 3.97 Å². The highest BCUT2D eigenvalue weighted by Crippen LogP contribution is 2.32. The summed E-state index contributed by atoms with van der Waals surface area (Å²) in [6.45, 7) is 3.49. The molecule has 0 radical (unpaired) electrons. The highest BCUT2D eigenvalue weighted by molar-refractivity contribution is 7.90. The average Bonchev–Trinajstić information content (AvgIpc) is 3.00. The van der Waals surface area contributed by atoms with E-state index >= 15 is 0 Å². The molecule has 1 aromatic heterocycles. The molecule has 0 amide bonds. The normalized spacial score (nSPS) is 14.0. The molecule has 0 bridgehead atoms. The van der Waals surface area contributed by atoms with Gasteiger partial charge in [0.25, 0.3) is 10.0 Å². The zero-order valence-electron chi connectivity index (χ0n) is 16.1. The van der Waals surface area contributed by atoms with Crippen LogP contribution in [0, 0.1) is 13.8 Å². The van der Waals surface area contributed by atoms with Crippen molar-refractivity contribution in [3.8, 4) is 5.75 Å². The molecule has 0 unspecified atom stereocenters. The van der Waals surface area contributed by atoms with Crippen LogP contribution in [0.2, 0.25) is 0 Å². The molecule has 0 saturated carbocycles. The number of benzene rings is 2. The Morgan fingerprint density at radius 2 is 1.88 bits per heavy atom. The van der Waals surface area contributed by atoms with E-state index in [1.54, 1.807) is 19.1 Å². The predicted molar refractivity (Wildman–Crippen MR) is 92.4 cm³/mol. The number of fused-ring (bicyclic) bond motifs is 1. The van der Waals surface area contributed by atoms with Crippen LogP contribution < -0.4 is 4.74 Å². The summed E-state index contributed by atoms with van der Waals surface area (Å²) in [5, 5.41) is 0.305. The van der Waals surface area contributed by atoms with Gasteiger partial charge in [-0.05, 0) is 43.7 Å². The quantitative estimate of drug-likeness (QED) is 0.680. The van der Waals surface area contributed by atoms with Crippen LogP contribution in [0.4, 0.5) is 0 Å². The smallest absolute Gasteiger partial charge is 0.268 e. The second-order valence-corrected chi connectivity index (χ2v) is 7.33. The largest absolute Gasteiger partial charge is 0.496 e. The number of carbonyl (C=O) groups excluding carboxylic acids is 1. The fourth-order valence-corrected chi connectivity index (χ4v) is 4.13. The molecule has 0 N–H and O–H groups in total. The summed E-state index contributed by atoms with van der Waals surface area (Å²) in [5.74, 6) is -0.111. The first-order valence-electron chi connectivity index (χ1n) is 8.66. The number of aryl methyl sites for hydroxylation is 2. The number of ether oxygens (including phenoxy) is 1. The molecule has 3 rings (SSSR count). The molecule has 0 fully saturated rings. The van der Waals surface area contributed by atoms with E-state index in [1.165, 1.54) is 30.5 Å². The number of rotatable bonds is 4. The first kappa shape index (κ1) is 12.8. The van der Waals surface area contributed by atoms with Crippen LogP contribution in [-0.2, 0) is 10.0 Å². The van der Waals surface area contributed by atoms with E-state index in [9.17, 15) is 13.2 Å². The average molecular weight is 346 g/mol. The summed E-state index contributed by atoms with van der Waals surface area (Å²) in [4.78, 5) is 11.7. The summed E-state index contributed by atoms with van der Waals surface area (Å²) in [6, 6.07) is 9.25. The van der Waals surface area contributed by atoms with Crippen molar-refractivity contribution < 1.29 is 22.1 Å². The number of nitrogens with zero attached hydrogens (tertiary/aromatic N) is 1. The molecule has 0 atom stereocenters. The maximum absolute atomic E-state index is 13.0. The van der Waals surface area contributed by atoms with Crippen molar-refractivity contribution in [1.29, 1.82) is 0 Å². The Balaban J connectivity index is 2.25. The van der Waals surface area contributed by atoms with Crippen molar-refractivity contribution >= 4 is 27.2 Å². The molecule has 6 heteroatoms. The number of hydrogen-bond acceptors (Lipinski definition) is 4. The third-order valence-corrected chi connectivity index (χ3v) is 5.62. The van der Waals surface area contributed by atoms with E-state index < -0.39 is 17.1 Å². The van der Waals surface area contributed by atoms with E-state index in [1.807, 2.05) is 6.92 Å². The molecule has 2 aromatic carbocycles. The molecule has 0 aliphatic carbocycles. The van der Waals surface area contributed by atoms with Crippen LogP contribution in [0.3, 0.4) is 0 Å². The minimum atomic E-state index is -3.89. The number of aromatic nitrogens is 1. The van der Waals surface area contributed by atoms with Crippen molar-refractivity contribution in [2.45, 2.75) is 18.7 Å². The molecule has 3 aromatic rings. The Hall–Kier alpha value is -2.60. The fourth-order valence-electron chi connectivity index (χ4n) is 2.72. The summed E-state index contributed by atoms with van der Waals surface area (Å²) in [7, 11) is -6.61. The van der Waals surface area contributed by atoms with Crippen molar-refractivity contribution in [2.75, 3.05) is 7.04 Å². The Morgan fingerprint density at radius 3 is 2.50 bits per heavy atom. The maximum Gasteiger partial charge on any atom is 0.268 e. The van der Waals surface area contributed by atoms with E-state index in [4.69, 9.17) is 8.85 Å². The van der Waals surface area contributed by atoms with Crippen LogP contribution in [0.1, 0.15) is 25.6 Å². The van der Waals surface area contributed by atoms with Crippen LogP contribution in [0.5, 0.6) is 5.75 Å². The van der Waals surface area contributed by atoms with Crippen LogP contribution >= 0.6 is 0 Å². The molecule has 1 heterocycles. The summed E-state index contributed by atoms with van der Waals surface area (Å²) in [5.41, 5.74) is 1.69. The molecule has 24 heavy (non-hydrogen) atoms. The molecular formula is C18H17NO4S. The van der Waals surface area contributed by atoms with Gasteiger partial charge in [0, 0.05) is 11.6 Å². The molecule has 0 spiro atoms. The van der Waals surface area contributed by atoms with Crippen molar-refractivity contribution in [3.63, 3.8) is 0 Å². The summed E-state index contributed by atoms with van der Waals surface area (Å²) >= 11 is 0. The second kappa shape index (κ2) is 5.79. The lowest BCUT2D eigenvalue weighted by Gasteiger charge is -2.12. The first-order valence-corrected chi connectivity index (χ1v) is 8.60. The van der Waals surface area contributed by atoms with Gasteiger partial charge in [-0.25, -0.2) is 12.4 Å². The lowest BCUT2D eigenvalue weighted by molar-refractivity contribution is 0.112. The van der Waals surface area contributed by atoms with Crippen LogP contribution in [-0.4, -0.2) is 25.7 Å². The summed E-state index contributed by atoms with van der Waals surface area (Å²) in [6.07, 6.45) is 1.81. The van der Waals surface area contributed by atoms with Gasteiger partial charge < -0.3 is 4.74 Å². The highest BCUT2D eigenvalue weighted by Gasteiger charge is 2.22. The van der Waals surface area contributed by atoms with E-state index in [2.05, 4.69) is 0 Å². The minimum absolute atomic E-state index is 0.00965. The molecule has 0 aliphatic rings. The monoisotopic (exact) mass is 346 g/mol. The predicted octanol–water partition coefficient (Wildman–Crippen LogP) is 3.32. The van der Waals surface area contributed by atoms with Gasteiger partial charge in [0.2, 0.25) is 0 Å². The molecular weight excluding hydrogens is 326 g/mol. The lowest BCUT2D eigenvalue weighted by Crippen LogP contribution is -2.12. The van der Waals surface area contributed by atoms with Gasteiger partial charge in [-0.1, -0.05) is 17.7 Å². The zero-order chi connectivity index (χ0) is 20.0. The lowest BCUT2D eigenvalue weighted by atomic mass is 10.1. The van der Waals surface area contributed by atoms with Gasteiger partial charge in [-0.15, -0.1) is 0 Å². The third-order valence-electron chi connectivity index (χ3n) is 3.93. The molecule has 124 valence electrons. The van der Waals surface area contributed by atoms with Crippen molar-refractivity contribution in [2.24, 2.45) is 0 Å². The highest BCUT2D eigenvalue weighted by atomic mass is 32.2. The SMILES string of the molecule is [2H]C([2H])([2H])Oc1cc(C)c2c(ccn2S(=O)(=O)c2ccc(C)cc2)c1C=O. The number of carbonyl (C=O) groups is 1. The van der Waals surface area contributed by atoms with Gasteiger partial charge in [-0.3, -0.25) is 4.79 Å². The van der Waals surface area contributed by atoms with Crippen LogP contribution in [0.15, 0.2) is 47.5 Å². The molecule has 5 nitrogen and oxygen atoms in total. The molecule has 0 saturated heterocycles. The van der Waals surface area contributed by atoms with Gasteiger partial charge in [-0.2, -0.15) is 0 Å². The number of aldehydes is 1. The third kappa shape index (κ3) is 2.39. The first-order chi connectivity index (χ1) is 12.5. The Morgan fingerprint density at radius 1 is 1.17 bits per heavy atom. The van der Waals surface area contributed by atoms with E-state index in [0.717, 1.165) is 9.54 Å². The standard InChI is InChI=1S/C18H17NO4S/c1-12-4-6-14(7-5-12)24(21,22)19-9-8-15-16(11-20)17(23-3)10-13(2)18(15)19/h4-11H,1-3H3/i3D3. The topological polar surface area (TPSA) is 65.4 Å². The Labute approximate surface area is 144 Å². The van der Waals surface area contributed by atoms with Crippen LogP contribution in [0.25, 0.3) is 10.9 Å². The van der Waals surface area contributed by atoms with Gasteiger partial charge in [0.1, 0.15) is 5.75 Å². The fraction of sp³-hybridized carbons (Fsp3) is 0.167.